The molecular formula is C25H27ClN4O2S. The average molecular weight is 483 g/mol. The zero-order valence-electron chi connectivity index (χ0n) is 18.5. The predicted octanol–water partition coefficient (Wildman–Crippen LogP) is 5.25. The maximum Gasteiger partial charge on any atom is 0.238 e. The van der Waals surface area contributed by atoms with Crippen LogP contribution in [0.15, 0.2) is 70.6 Å². The Hall–Kier alpha value is -2.45. The van der Waals surface area contributed by atoms with Crippen molar-refractivity contribution >= 4 is 35.0 Å². The van der Waals surface area contributed by atoms with Gasteiger partial charge in [0.2, 0.25) is 5.91 Å². The molecular weight excluding hydrogens is 456 g/mol. The van der Waals surface area contributed by atoms with Crippen molar-refractivity contribution in [2.75, 3.05) is 32.1 Å². The fourth-order valence-electron chi connectivity index (χ4n) is 3.96. The Bertz CT molecular complexity index is 1080. The molecule has 2 aromatic carbocycles. The van der Waals surface area contributed by atoms with Crippen molar-refractivity contribution in [1.82, 2.24) is 14.9 Å². The van der Waals surface area contributed by atoms with E-state index in [9.17, 15) is 4.79 Å². The number of carbonyl (C=O) groups is 1. The van der Waals surface area contributed by atoms with Gasteiger partial charge in [-0.05, 0) is 61.9 Å². The Kier molecular flexibility index (Phi) is 8.34. The smallest absolute Gasteiger partial charge is 0.238 e. The van der Waals surface area contributed by atoms with Crippen LogP contribution in [0, 0.1) is 0 Å². The zero-order valence-corrected chi connectivity index (χ0v) is 20.1. The summed E-state index contributed by atoms with van der Waals surface area (Å²) in [6.07, 6.45) is 3.88. The number of ether oxygens (including phenoxy) is 1. The van der Waals surface area contributed by atoms with Crippen LogP contribution in [-0.4, -0.2) is 47.5 Å². The van der Waals surface area contributed by atoms with Crippen LogP contribution in [0.25, 0.3) is 0 Å². The van der Waals surface area contributed by atoms with Crippen molar-refractivity contribution in [1.29, 1.82) is 0 Å². The van der Waals surface area contributed by atoms with Gasteiger partial charge in [-0.1, -0.05) is 35.5 Å². The van der Waals surface area contributed by atoms with Gasteiger partial charge < -0.3 is 10.1 Å². The number of rotatable bonds is 8. The number of likely N-dealkylation sites (tertiary alicyclic amines) is 1. The van der Waals surface area contributed by atoms with Crippen LogP contribution in [0.1, 0.15) is 30.3 Å². The summed E-state index contributed by atoms with van der Waals surface area (Å²) >= 11 is 7.60. The molecule has 1 aliphatic rings. The van der Waals surface area contributed by atoms with Crippen LogP contribution in [0.3, 0.4) is 0 Å². The van der Waals surface area contributed by atoms with E-state index in [1.807, 2.05) is 54.6 Å². The van der Waals surface area contributed by atoms with E-state index >= 15 is 0 Å². The van der Waals surface area contributed by atoms with Crippen LogP contribution in [0.5, 0.6) is 0 Å². The SMILES string of the molecule is COCc1nccc([C@@H]2CCCN(CC(=O)Nc3ccccc3Sc3ccc(Cl)cc3)C2)n1. The molecule has 1 fully saturated rings. The van der Waals surface area contributed by atoms with Crippen molar-refractivity contribution in [2.45, 2.75) is 35.2 Å². The summed E-state index contributed by atoms with van der Waals surface area (Å²) in [5.74, 6) is 0.972. The predicted molar refractivity (Wildman–Crippen MR) is 132 cm³/mol. The normalized spacial score (nSPS) is 16.5. The van der Waals surface area contributed by atoms with Gasteiger partial charge in [-0.3, -0.25) is 9.69 Å². The van der Waals surface area contributed by atoms with Gasteiger partial charge in [-0.25, -0.2) is 9.97 Å². The monoisotopic (exact) mass is 482 g/mol. The summed E-state index contributed by atoms with van der Waals surface area (Å²) in [4.78, 5) is 26.1. The Morgan fingerprint density at radius 1 is 1.21 bits per heavy atom. The van der Waals surface area contributed by atoms with Gasteiger partial charge in [0.15, 0.2) is 5.82 Å². The molecule has 1 aliphatic heterocycles. The molecule has 0 unspecified atom stereocenters. The number of carbonyl (C=O) groups excluding carboxylic acids is 1. The van der Waals surface area contributed by atoms with Crippen LogP contribution >= 0.6 is 23.4 Å². The third-order valence-corrected chi connectivity index (χ3v) is 6.83. The van der Waals surface area contributed by atoms with Crippen molar-refractivity contribution < 1.29 is 9.53 Å². The molecule has 8 heteroatoms. The molecule has 3 aromatic rings. The molecule has 0 aliphatic carbocycles. The molecule has 1 N–H and O–H groups in total. The van der Waals surface area contributed by atoms with E-state index in [0.717, 1.165) is 47.1 Å². The maximum atomic E-state index is 12.9. The first-order valence-corrected chi connectivity index (χ1v) is 12.2. The lowest BCUT2D eigenvalue weighted by Gasteiger charge is -2.32. The number of halogens is 1. The lowest BCUT2D eigenvalue weighted by atomic mass is 9.94. The van der Waals surface area contributed by atoms with E-state index in [1.54, 1.807) is 25.1 Å². The van der Waals surface area contributed by atoms with Crippen LogP contribution in [0.2, 0.25) is 5.02 Å². The molecule has 1 amide bonds. The van der Waals surface area contributed by atoms with E-state index in [0.29, 0.717) is 24.0 Å². The lowest BCUT2D eigenvalue weighted by Crippen LogP contribution is -2.40. The van der Waals surface area contributed by atoms with Crippen LogP contribution in [0.4, 0.5) is 5.69 Å². The number of benzene rings is 2. The molecule has 0 spiro atoms. The first kappa shape index (κ1) is 23.7. The molecule has 33 heavy (non-hydrogen) atoms. The molecule has 2 heterocycles. The Balaban J connectivity index is 1.37. The van der Waals surface area contributed by atoms with Crippen molar-refractivity contribution in [2.24, 2.45) is 0 Å². The van der Waals surface area contributed by atoms with E-state index in [1.165, 1.54) is 0 Å². The highest BCUT2D eigenvalue weighted by molar-refractivity contribution is 7.99. The van der Waals surface area contributed by atoms with Crippen molar-refractivity contribution in [3.63, 3.8) is 0 Å². The second kappa shape index (κ2) is 11.6. The van der Waals surface area contributed by atoms with Crippen LogP contribution < -0.4 is 5.32 Å². The van der Waals surface area contributed by atoms with E-state index in [4.69, 9.17) is 16.3 Å². The molecule has 172 valence electrons. The Morgan fingerprint density at radius 2 is 2.03 bits per heavy atom. The van der Waals surface area contributed by atoms with E-state index in [-0.39, 0.29) is 11.8 Å². The van der Waals surface area contributed by atoms with Gasteiger partial charge >= 0.3 is 0 Å². The molecule has 1 atom stereocenters. The van der Waals surface area contributed by atoms with Gasteiger partial charge in [0.05, 0.1) is 12.2 Å². The first-order valence-electron chi connectivity index (χ1n) is 11.0. The van der Waals surface area contributed by atoms with E-state index < -0.39 is 0 Å². The van der Waals surface area contributed by atoms with Gasteiger partial charge in [-0.15, -0.1) is 0 Å². The molecule has 1 saturated heterocycles. The molecule has 4 rings (SSSR count). The minimum Gasteiger partial charge on any atom is -0.377 e. The Morgan fingerprint density at radius 3 is 2.85 bits per heavy atom. The third-order valence-electron chi connectivity index (χ3n) is 5.49. The molecule has 1 aromatic heterocycles. The topological polar surface area (TPSA) is 67.3 Å². The highest BCUT2D eigenvalue weighted by Crippen LogP contribution is 2.34. The fraction of sp³-hybridized carbons (Fsp3) is 0.320. The molecule has 0 radical (unpaired) electrons. The number of methoxy groups -OCH3 is 1. The van der Waals surface area contributed by atoms with Crippen molar-refractivity contribution in [3.05, 3.63) is 77.3 Å². The largest absolute Gasteiger partial charge is 0.377 e. The minimum absolute atomic E-state index is 0.0115. The van der Waals surface area contributed by atoms with Gasteiger partial charge in [0.1, 0.15) is 6.61 Å². The highest BCUT2D eigenvalue weighted by Gasteiger charge is 2.24. The molecule has 0 saturated carbocycles. The minimum atomic E-state index is -0.0115. The number of para-hydroxylation sites is 1. The second-order valence-corrected chi connectivity index (χ2v) is 9.56. The number of hydrogen-bond acceptors (Lipinski definition) is 6. The summed E-state index contributed by atoms with van der Waals surface area (Å²) in [6, 6.07) is 17.5. The summed E-state index contributed by atoms with van der Waals surface area (Å²) in [5.41, 5.74) is 1.84. The van der Waals surface area contributed by atoms with Crippen LogP contribution in [-0.2, 0) is 16.1 Å². The third kappa shape index (κ3) is 6.77. The summed E-state index contributed by atoms with van der Waals surface area (Å²) < 4.78 is 5.16. The number of nitrogens with one attached hydrogen (secondary N) is 1. The quantitative estimate of drug-likeness (QED) is 0.473. The summed E-state index contributed by atoms with van der Waals surface area (Å²) in [7, 11) is 1.64. The van der Waals surface area contributed by atoms with Crippen molar-refractivity contribution in [3.8, 4) is 0 Å². The van der Waals surface area contributed by atoms with Gasteiger partial charge in [0.25, 0.3) is 0 Å². The first-order chi connectivity index (χ1) is 16.1. The number of amides is 1. The fourth-order valence-corrected chi connectivity index (χ4v) is 4.99. The maximum absolute atomic E-state index is 12.9. The Labute approximate surface area is 203 Å². The zero-order chi connectivity index (χ0) is 23.0. The number of piperidine rings is 1. The lowest BCUT2D eigenvalue weighted by molar-refractivity contribution is -0.117. The molecule has 6 nitrogen and oxygen atoms in total. The van der Waals surface area contributed by atoms with E-state index in [2.05, 4.69) is 20.2 Å². The van der Waals surface area contributed by atoms with Gasteiger partial charge in [-0.2, -0.15) is 0 Å². The number of anilines is 1. The highest BCUT2D eigenvalue weighted by atomic mass is 35.5. The van der Waals surface area contributed by atoms with Gasteiger partial charge in [0, 0.05) is 46.3 Å². The molecule has 0 bridgehead atoms. The average Bonchev–Trinajstić information content (AvgIpc) is 2.82. The number of aromatic nitrogens is 2. The summed E-state index contributed by atoms with van der Waals surface area (Å²) in [5, 5.41) is 3.81. The standard InChI is InChI=1S/C25H27ClN4O2S/c1-32-17-24-27-13-12-21(28-24)18-5-4-14-30(15-18)16-25(31)29-22-6-2-3-7-23(22)33-20-10-8-19(26)9-11-20/h2-3,6-13,18H,4-5,14-17H2,1H3,(H,29,31)/t18-/m1/s1. The number of hydrogen-bond donors (Lipinski definition) is 1. The number of nitrogens with zero attached hydrogens (tertiary/aromatic N) is 3. The summed E-state index contributed by atoms with van der Waals surface area (Å²) in [6.45, 7) is 2.46. The second-order valence-electron chi connectivity index (χ2n) is 8.01.